The van der Waals surface area contributed by atoms with E-state index in [1.54, 1.807) is 0 Å². The molecule has 5 heteroatoms. The third-order valence-corrected chi connectivity index (χ3v) is 3.31. The van der Waals surface area contributed by atoms with Crippen molar-refractivity contribution in [3.8, 4) is 0 Å². The van der Waals surface area contributed by atoms with Gasteiger partial charge in [-0.05, 0) is 17.6 Å². The fourth-order valence-electron chi connectivity index (χ4n) is 1.59. The summed E-state index contributed by atoms with van der Waals surface area (Å²) in [5.41, 5.74) is -0.306. The molecule has 0 saturated carbocycles. The minimum absolute atomic E-state index is 0.306. The standard InChI is InChI=1S/C8H15ClO3S/c1-2-12-8(7-13(9)10)3-5-11-6-4-8/h2-7H2,1H3. The third-order valence-electron chi connectivity index (χ3n) is 2.23. The van der Waals surface area contributed by atoms with Gasteiger partial charge in [-0.1, -0.05) is 0 Å². The lowest BCUT2D eigenvalue weighted by molar-refractivity contribution is -0.0920. The van der Waals surface area contributed by atoms with Crippen molar-refractivity contribution in [1.29, 1.82) is 0 Å². The van der Waals surface area contributed by atoms with E-state index in [0.29, 0.717) is 25.6 Å². The number of ether oxygens (including phenoxy) is 2. The van der Waals surface area contributed by atoms with Crippen LogP contribution in [0, 0.1) is 0 Å². The first-order chi connectivity index (χ1) is 6.18. The summed E-state index contributed by atoms with van der Waals surface area (Å²) in [6.07, 6.45) is 1.58. The van der Waals surface area contributed by atoms with Gasteiger partial charge in [-0.2, -0.15) is 0 Å². The lowest BCUT2D eigenvalue weighted by Gasteiger charge is -2.35. The molecule has 1 atom stereocenters. The molecule has 0 N–H and O–H groups in total. The van der Waals surface area contributed by atoms with Crippen molar-refractivity contribution in [3.05, 3.63) is 0 Å². The molecule has 0 aromatic rings. The topological polar surface area (TPSA) is 35.5 Å². The van der Waals surface area contributed by atoms with Crippen molar-refractivity contribution in [2.75, 3.05) is 25.6 Å². The van der Waals surface area contributed by atoms with E-state index in [1.807, 2.05) is 6.92 Å². The Kier molecular flexibility index (Phi) is 4.66. The number of hydrogen-bond acceptors (Lipinski definition) is 3. The van der Waals surface area contributed by atoms with Crippen molar-refractivity contribution in [1.82, 2.24) is 0 Å². The largest absolute Gasteiger partial charge is 0.381 e. The molecule has 1 rings (SSSR count). The van der Waals surface area contributed by atoms with Gasteiger partial charge in [0.1, 0.15) is 10.0 Å². The Morgan fingerprint density at radius 2 is 2.15 bits per heavy atom. The first kappa shape index (κ1) is 11.4. The minimum Gasteiger partial charge on any atom is -0.381 e. The van der Waals surface area contributed by atoms with Crippen LogP contribution >= 0.6 is 10.7 Å². The Morgan fingerprint density at radius 1 is 1.54 bits per heavy atom. The van der Waals surface area contributed by atoms with Gasteiger partial charge in [0.15, 0.2) is 0 Å². The van der Waals surface area contributed by atoms with Crippen molar-refractivity contribution in [2.45, 2.75) is 25.4 Å². The Labute approximate surface area is 85.7 Å². The molecule has 78 valence electrons. The second-order valence-corrected chi connectivity index (χ2v) is 5.06. The smallest absolute Gasteiger partial charge is 0.117 e. The van der Waals surface area contributed by atoms with E-state index in [-0.39, 0.29) is 5.60 Å². The van der Waals surface area contributed by atoms with Gasteiger partial charge >= 0.3 is 0 Å². The van der Waals surface area contributed by atoms with Crippen LogP contribution < -0.4 is 0 Å². The first-order valence-electron chi connectivity index (χ1n) is 4.45. The van der Waals surface area contributed by atoms with Crippen LogP contribution in [-0.4, -0.2) is 35.4 Å². The molecule has 0 aromatic carbocycles. The van der Waals surface area contributed by atoms with Crippen molar-refractivity contribution >= 4 is 20.7 Å². The highest BCUT2D eigenvalue weighted by Gasteiger charge is 2.34. The van der Waals surface area contributed by atoms with Crippen LogP contribution in [0.5, 0.6) is 0 Å². The molecule has 1 unspecified atom stereocenters. The molecule has 0 aromatic heterocycles. The predicted molar refractivity (Wildman–Crippen MR) is 53.3 cm³/mol. The number of rotatable bonds is 4. The van der Waals surface area contributed by atoms with Crippen LogP contribution in [0.3, 0.4) is 0 Å². The molecular weight excluding hydrogens is 212 g/mol. The van der Waals surface area contributed by atoms with Crippen LogP contribution in [0.4, 0.5) is 0 Å². The quantitative estimate of drug-likeness (QED) is 0.682. The maximum atomic E-state index is 10.9. The summed E-state index contributed by atoms with van der Waals surface area (Å²) in [5, 5.41) is 0. The van der Waals surface area contributed by atoms with Crippen molar-refractivity contribution < 1.29 is 13.7 Å². The Bertz CT molecular complexity index is 175. The van der Waals surface area contributed by atoms with Gasteiger partial charge in [0.2, 0.25) is 0 Å². The highest BCUT2D eigenvalue weighted by Crippen LogP contribution is 2.26. The SMILES string of the molecule is CCOC1(CS(=O)Cl)CCOCC1. The van der Waals surface area contributed by atoms with Crippen LogP contribution in [0.2, 0.25) is 0 Å². The molecule has 0 spiro atoms. The maximum Gasteiger partial charge on any atom is 0.117 e. The summed E-state index contributed by atoms with van der Waals surface area (Å²) < 4.78 is 21.8. The minimum atomic E-state index is -1.31. The maximum absolute atomic E-state index is 10.9. The molecule has 13 heavy (non-hydrogen) atoms. The van der Waals surface area contributed by atoms with Crippen LogP contribution in [0.15, 0.2) is 0 Å². The monoisotopic (exact) mass is 226 g/mol. The van der Waals surface area contributed by atoms with Gasteiger partial charge in [0, 0.05) is 32.7 Å². The van der Waals surface area contributed by atoms with Gasteiger partial charge in [-0.3, -0.25) is 0 Å². The van der Waals surface area contributed by atoms with Crippen LogP contribution in [0.25, 0.3) is 0 Å². The summed E-state index contributed by atoms with van der Waals surface area (Å²) >= 11 is 0. The number of halogens is 1. The molecule has 0 radical (unpaired) electrons. The zero-order valence-corrected chi connectivity index (χ0v) is 9.33. The highest BCUT2D eigenvalue weighted by atomic mass is 35.7. The molecule has 0 aliphatic carbocycles. The van der Waals surface area contributed by atoms with E-state index in [9.17, 15) is 4.21 Å². The van der Waals surface area contributed by atoms with E-state index in [0.717, 1.165) is 12.8 Å². The van der Waals surface area contributed by atoms with E-state index < -0.39 is 10.0 Å². The summed E-state index contributed by atoms with van der Waals surface area (Å²) in [6, 6.07) is 0. The molecule has 3 nitrogen and oxygen atoms in total. The van der Waals surface area contributed by atoms with Gasteiger partial charge in [0.05, 0.1) is 11.4 Å². The summed E-state index contributed by atoms with van der Waals surface area (Å²) in [6.45, 7) is 3.92. The molecule has 1 heterocycles. The first-order valence-corrected chi connectivity index (χ1v) is 6.59. The molecular formula is C8H15ClO3S. The number of hydrogen-bond donors (Lipinski definition) is 0. The average Bonchev–Trinajstić information content (AvgIpc) is 2.04. The van der Waals surface area contributed by atoms with Gasteiger partial charge in [-0.25, -0.2) is 4.21 Å². The van der Waals surface area contributed by atoms with E-state index in [1.165, 1.54) is 0 Å². The average molecular weight is 227 g/mol. The summed E-state index contributed by atoms with van der Waals surface area (Å²) in [7, 11) is 4.18. The zero-order chi connectivity index (χ0) is 9.73. The zero-order valence-electron chi connectivity index (χ0n) is 7.75. The second kappa shape index (κ2) is 5.29. The highest BCUT2D eigenvalue weighted by molar-refractivity contribution is 8.08. The van der Waals surface area contributed by atoms with E-state index in [4.69, 9.17) is 20.2 Å². The summed E-state index contributed by atoms with van der Waals surface area (Å²) in [4.78, 5) is 0. The molecule has 1 aliphatic rings. The molecule has 0 bridgehead atoms. The van der Waals surface area contributed by atoms with Crippen LogP contribution in [0.1, 0.15) is 19.8 Å². The van der Waals surface area contributed by atoms with E-state index >= 15 is 0 Å². The van der Waals surface area contributed by atoms with E-state index in [2.05, 4.69) is 0 Å². The fraction of sp³-hybridized carbons (Fsp3) is 1.00. The van der Waals surface area contributed by atoms with Gasteiger partial charge < -0.3 is 9.47 Å². The molecule has 1 aliphatic heterocycles. The van der Waals surface area contributed by atoms with Crippen LogP contribution in [-0.2, 0) is 19.5 Å². The van der Waals surface area contributed by atoms with Gasteiger partial charge in [-0.15, -0.1) is 0 Å². The lowest BCUT2D eigenvalue weighted by atomic mass is 9.96. The Balaban J connectivity index is 2.55. The second-order valence-electron chi connectivity index (χ2n) is 3.16. The Morgan fingerprint density at radius 3 is 2.62 bits per heavy atom. The molecule has 0 amide bonds. The normalized spacial score (nSPS) is 24.2. The van der Waals surface area contributed by atoms with Crippen molar-refractivity contribution in [3.63, 3.8) is 0 Å². The third kappa shape index (κ3) is 3.54. The predicted octanol–water partition coefficient (Wildman–Crippen LogP) is 1.47. The molecule has 1 fully saturated rings. The lowest BCUT2D eigenvalue weighted by Crippen LogP contribution is -2.43. The fourth-order valence-corrected chi connectivity index (χ4v) is 2.97. The van der Waals surface area contributed by atoms with Crippen molar-refractivity contribution in [2.24, 2.45) is 0 Å². The van der Waals surface area contributed by atoms with Gasteiger partial charge in [0.25, 0.3) is 0 Å². The summed E-state index contributed by atoms with van der Waals surface area (Å²) in [5.74, 6) is 0.408. The Hall–Kier alpha value is 0.360. The molecule has 1 saturated heterocycles.